The zero-order valence-corrected chi connectivity index (χ0v) is 16.5. The van der Waals surface area contributed by atoms with Crippen LogP contribution in [0.4, 0.5) is 5.82 Å². The maximum atomic E-state index is 12.5. The molecular weight excluding hydrogens is 364 g/mol. The lowest BCUT2D eigenvalue weighted by Gasteiger charge is -2.14. The fourth-order valence-corrected chi connectivity index (χ4v) is 5.24. The van der Waals surface area contributed by atoms with E-state index in [-0.39, 0.29) is 24.5 Å². The van der Waals surface area contributed by atoms with Gasteiger partial charge in [-0.3, -0.25) is 9.59 Å². The van der Waals surface area contributed by atoms with Gasteiger partial charge in [0, 0.05) is 36.6 Å². The molecule has 8 heteroatoms. The number of aromatic nitrogens is 2. The van der Waals surface area contributed by atoms with Crippen molar-refractivity contribution in [2.75, 3.05) is 18.5 Å². The lowest BCUT2D eigenvalue weighted by Crippen LogP contribution is -2.34. The van der Waals surface area contributed by atoms with Crippen LogP contribution in [0.25, 0.3) is 0 Å². The Morgan fingerprint density at radius 1 is 1.15 bits per heavy atom. The summed E-state index contributed by atoms with van der Waals surface area (Å²) in [5.41, 5.74) is 2.06. The van der Waals surface area contributed by atoms with Gasteiger partial charge in [-0.25, -0.2) is 4.68 Å². The fraction of sp³-hybridized carbons (Fsp3) is 0.737. The summed E-state index contributed by atoms with van der Waals surface area (Å²) in [7, 11) is 0. The lowest BCUT2D eigenvalue weighted by atomic mass is 10.0. The molecule has 2 N–H and O–H groups in total. The van der Waals surface area contributed by atoms with Gasteiger partial charge >= 0.3 is 0 Å². The Hall–Kier alpha value is -1.54. The molecule has 0 bridgehead atoms. The Labute approximate surface area is 164 Å². The smallest absolute Gasteiger partial charge is 0.241 e. The van der Waals surface area contributed by atoms with E-state index in [1.807, 2.05) is 0 Å². The van der Waals surface area contributed by atoms with Crippen molar-refractivity contribution in [3.05, 3.63) is 11.3 Å². The van der Waals surface area contributed by atoms with Gasteiger partial charge in [0.15, 0.2) is 0 Å². The summed E-state index contributed by atoms with van der Waals surface area (Å²) < 4.78 is 7.21. The highest BCUT2D eigenvalue weighted by Crippen LogP contribution is 2.35. The standard InChI is InChI=1S/C19H28N4O3S/c24-17(8-13-4-1-2-5-13)21-19-15-11-27-12-16(15)22-23(19)10-18(25)20-9-14-6-3-7-26-14/h13-14H,1-12H2,(H,20,25)(H,21,24). The minimum atomic E-state index is -0.0920. The molecule has 0 radical (unpaired) electrons. The van der Waals surface area contributed by atoms with Crippen LogP contribution in [0.5, 0.6) is 0 Å². The Kier molecular flexibility index (Phi) is 6.02. The van der Waals surface area contributed by atoms with Crippen LogP contribution >= 0.6 is 11.8 Å². The number of anilines is 1. The second-order valence-electron chi connectivity index (χ2n) is 7.77. The summed E-state index contributed by atoms with van der Waals surface area (Å²) in [6.07, 6.45) is 7.49. The first-order valence-corrected chi connectivity index (χ1v) is 11.2. The maximum Gasteiger partial charge on any atom is 0.241 e. The van der Waals surface area contributed by atoms with Crippen LogP contribution in [0.3, 0.4) is 0 Å². The summed E-state index contributed by atoms with van der Waals surface area (Å²) in [5, 5.41) is 10.6. The van der Waals surface area contributed by atoms with Crippen molar-refractivity contribution in [1.82, 2.24) is 15.1 Å². The van der Waals surface area contributed by atoms with E-state index < -0.39 is 0 Å². The van der Waals surface area contributed by atoms with E-state index in [0.717, 1.165) is 55.1 Å². The highest BCUT2D eigenvalue weighted by Gasteiger charge is 2.26. The maximum absolute atomic E-state index is 12.5. The molecule has 148 valence electrons. The molecule has 1 saturated heterocycles. The molecule has 3 aliphatic rings. The van der Waals surface area contributed by atoms with Crippen molar-refractivity contribution in [3.63, 3.8) is 0 Å². The Morgan fingerprint density at radius 2 is 2.00 bits per heavy atom. The predicted octanol–water partition coefficient (Wildman–Crippen LogP) is 2.44. The van der Waals surface area contributed by atoms with Gasteiger partial charge < -0.3 is 15.4 Å². The van der Waals surface area contributed by atoms with Crippen molar-refractivity contribution >= 4 is 29.4 Å². The van der Waals surface area contributed by atoms with Gasteiger partial charge in [-0.1, -0.05) is 12.8 Å². The van der Waals surface area contributed by atoms with Crippen LogP contribution in [0, 0.1) is 5.92 Å². The third kappa shape index (κ3) is 4.66. The number of rotatable bonds is 7. The molecule has 4 rings (SSSR count). The lowest BCUT2D eigenvalue weighted by molar-refractivity contribution is -0.122. The summed E-state index contributed by atoms with van der Waals surface area (Å²) in [6, 6.07) is 0. The number of thioether (sulfide) groups is 1. The minimum Gasteiger partial charge on any atom is -0.376 e. The molecule has 1 aliphatic carbocycles. The van der Waals surface area contributed by atoms with Crippen LogP contribution in [0.2, 0.25) is 0 Å². The number of fused-ring (bicyclic) bond motifs is 1. The van der Waals surface area contributed by atoms with E-state index in [1.54, 1.807) is 16.4 Å². The molecule has 2 aliphatic heterocycles. The van der Waals surface area contributed by atoms with Crippen molar-refractivity contribution in [2.24, 2.45) is 5.92 Å². The van der Waals surface area contributed by atoms with Crippen molar-refractivity contribution < 1.29 is 14.3 Å². The predicted molar refractivity (Wildman–Crippen MR) is 104 cm³/mol. The summed E-state index contributed by atoms with van der Waals surface area (Å²) >= 11 is 1.79. The van der Waals surface area contributed by atoms with E-state index in [2.05, 4.69) is 15.7 Å². The van der Waals surface area contributed by atoms with Gasteiger partial charge in [0.1, 0.15) is 12.4 Å². The Balaban J connectivity index is 1.38. The van der Waals surface area contributed by atoms with E-state index in [4.69, 9.17) is 4.74 Å². The zero-order valence-electron chi connectivity index (χ0n) is 15.7. The molecular formula is C19H28N4O3S. The van der Waals surface area contributed by atoms with Gasteiger partial charge in [0.05, 0.1) is 11.8 Å². The third-order valence-corrected chi connectivity index (χ3v) is 6.64. The van der Waals surface area contributed by atoms with Crippen LogP contribution in [-0.4, -0.2) is 40.9 Å². The average Bonchev–Trinajstić information content (AvgIpc) is 3.40. The molecule has 2 fully saturated rings. The van der Waals surface area contributed by atoms with E-state index in [0.29, 0.717) is 24.7 Å². The Bertz CT molecular complexity index is 693. The van der Waals surface area contributed by atoms with Crippen molar-refractivity contribution in [3.8, 4) is 0 Å². The first kappa shape index (κ1) is 18.8. The van der Waals surface area contributed by atoms with E-state index >= 15 is 0 Å². The molecule has 3 heterocycles. The molecule has 1 atom stereocenters. The molecule has 0 aromatic carbocycles. The highest BCUT2D eigenvalue weighted by molar-refractivity contribution is 7.98. The monoisotopic (exact) mass is 392 g/mol. The van der Waals surface area contributed by atoms with Crippen molar-refractivity contribution in [2.45, 2.75) is 69.1 Å². The highest BCUT2D eigenvalue weighted by atomic mass is 32.2. The van der Waals surface area contributed by atoms with E-state index in [1.165, 1.54) is 12.8 Å². The molecule has 1 unspecified atom stereocenters. The average molecular weight is 393 g/mol. The third-order valence-electron chi connectivity index (χ3n) is 5.67. The second-order valence-corrected chi connectivity index (χ2v) is 8.75. The fourth-order valence-electron chi connectivity index (χ4n) is 4.21. The number of ether oxygens (including phenoxy) is 1. The quantitative estimate of drug-likeness (QED) is 0.744. The Morgan fingerprint density at radius 3 is 2.78 bits per heavy atom. The van der Waals surface area contributed by atoms with Crippen LogP contribution in [0.1, 0.15) is 56.2 Å². The van der Waals surface area contributed by atoms with Gasteiger partial charge in [-0.05, 0) is 31.6 Å². The molecule has 2 amide bonds. The summed E-state index contributed by atoms with van der Waals surface area (Å²) in [4.78, 5) is 24.9. The number of carbonyl (C=O) groups excluding carboxylic acids is 2. The first-order chi connectivity index (χ1) is 13.2. The van der Waals surface area contributed by atoms with Crippen LogP contribution < -0.4 is 10.6 Å². The van der Waals surface area contributed by atoms with Gasteiger partial charge in [-0.15, -0.1) is 0 Å². The molecule has 7 nitrogen and oxygen atoms in total. The summed E-state index contributed by atoms with van der Waals surface area (Å²) in [6.45, 7) is 1.45. The number of carbonyl (C=O) groups is 2. The van der Waals surface area contributed by atoms with E-state index in [9.17, 15) is 9.59 Å². The van der Waals surface area contributed by atoms with Gasteiger partial charge in [0.25, 0.3) is 0 Å². The topological polar surface area (TPSA) is 85.2 Å². The number of nitrogens with one attached hydrogen (secondary N) is 2. The largest absolute Gasteiger partial charge is 0.376 e. The second kappa shape index (κ2) is 8.65. The number of hydrogen-bond donors (Lipinski definition) is 2. The number of nitrogens with zero attached hydrogens (tertiary/aromatic N) is 2. The van der Waals surface area contributed by atoms with Crippen molar-refractivity contribution in [1.29, 1.82) is 0 Å². The zero-order chi connectivity index (χ0) is 18.6. The molecule has 0 spiro atoms. The van der Waals surface area contributed by atoms with Crippen LogP contribution in [0.15, 0.2) is 0 Å². The molecule has 1 aromatic rings. The SMILES string of the molecule is O=C(Cn1nc2c(c1NC(=O)CC1CCCC1)CSC2)NCC1CCCO1. The van der Waals surface area contributed by atoms with Crippen LogP contribution in [-0.2, 0) is 32.4 Å². The first-order valence-electron chi connectivity index (χ1n) is 10.0. The molecule has 27 heavy (non-hydrogen) atoms. The number of amides is 2. The molecule has 1 aromatic heterocycles. The number of hydrogen-bond acceptors (Lipinski definition) is 5. The van der Waals surface area contributed by atoms with Gasteiger partial charge in [0.2, 0.25) is 11.8 Å². The normalized spacial score (nSPS) is 22.1. The molecule has 1 saturated carbocycles. The summed E-state index contributed by atoms with van der Waals surface area (Å²) in [5.74, 6) is 2.84. The van der Waals surface area contributed by atoms with Gasteiger partial charge in [-0.2, -0.15) is 16.9 Å². The minimum absolute atomic E-state index is 0.0440.